The summed E-state index contributed by atoms with van der Waals surface area (Å²) in [6.07, 6.45) is 4.38. The molecule has 0 spiro atoms. The maximum atomic E-state index is 9.08. The first-order chi connectivity index (χ1) is 9.66. The SMILES string of the molecule is CCCC1(COC)CCCN1c1ccc(Cl)c(C#N)n1. The molecule has 2 rings (SSSR count). The minimum Gasteiger partial charge on any atom is -0.382 e. The van der Waals surface area contributed by atoms with Crippen molar-refractivity contribution in [1.29, 1.82) is 5.26 Å². The summed E-state index contributed by atoms with van der Waals surface area (Å²) in [7, 11) is 1.74. The highest BCUT2D eigenvalue weighted by Gasteiger charge is 2.41. The predicted octanol–water partition coefficient (Wildman–Crippen LogP) is 3.39. The van der Waals surface area contributed by atoms with Crippen molar-refractivity contribution in [3.8, 4) is 6.07 Å². The molecule has 0 saturated carbocycles. The first-order valence-corrected chi connectivity index (χ1v) is 7.38. The zero-order chi connectivity index (χ0) is 14.6. The molecule has 108 valence electrons. The largest absolute Gasteiger partial charge is 0.382 e. The molecule has 0 bridgehead atoms. The number of nitrogens with zero attached hydrogens (tertiary/aromatic N) is 3. The van der Waals surface area contributed by atoms with Gasteiger partial charge in [-0.2, -0.15) is 5.26 Å². The maximum Gasteiger partial charge on any atom is 0.161 e. The van der Waals surface area contributed by atoms with E-state index < -0.39 is 0 Å². The molecule has 1 aromatic rings. The number of hydrogen-bond acceptors (Lipinski definition) is 4. The Bertz CT molecular complexity index is 506. The fourth-order valence-electron chi connectivity index (χ4n) is 3.17. The second kappa shape index (κ2) is 6.43. The maximum absolute atomic E-state index is 9.08. The van der Waals surface area contributed by atoms with Gasteiger partial charge >= 0.3 is 0 Å². The Balaban J connectivity index is 2.36. The minimum atomic E-state index is -0.00292. The van der Waals surface area contributed by atoms with Crippen molar-refractivity contribution in [3.63, 3.8) is 0 Å². The molecule has 1 unspecified atom stereocenters. The van der Waals surface area contributed by atoms with Gasteiger partial charge in [0.1, 0.15) is 11.9 Å². The second-order valence-electron chi connectivity index (χ2n) is 5.27. The van der Waals surface area contributed by atoms with Gasteiger partial charge in [-0.25, -0.2) is 4.98 Å². The molecule has 1 saturated heterocycles. The Morgan fingerprint density at radius 2 is 2.35 bits per heavy atom. The Morgan fingerprint density at radius 3 is 3.00 bits per heavy atom. The molecule has 1 aliphatic rings. The fourth-order valence-corrected chi connectivity index (χ4v) is 3.32. The van der Waals surface area contributed by atoms with Gasteiger partial charge in [-0.3, -0.25) is 0 Å². The first kappa shape index (κ1) is 15.1. The van der Waals surface area contributed by atoms with E-state index in [1.807, 2.05) is 12.1 Å². The van der Waals surface area contributed by atoms with E-state index in [0.29, 0.717) is 17.3 Å². The van der Waals surface area contributed by atoms with Crippen molar-refractivity contribution < 1.29 is 4.74 Å². The van der Waals surface area contributed by atoms with Crippen molar-refractivity contribution in [1.82, 2.24) is 4.98 Å². The number of aromatic nitrogens is 1. The van der Waals surface area contributed by atoms with Crippen LogP contribution in [0.1, 0.15) is 38.3 Å². The van der Waals surface area contributed by atoms with Crippen LogP contribution in [-0.2, 0) is 4.74 Å². The third-order valence-electron chi connectivity index (χ3n) is 3.94. The summed E-state index contributed by atoms with van der Waals surface area (Å²) >= 11 is 5.97. The monoisotopic (exact) mass is 293 g/mol. The number of rotatable bonds is 5. The fraction of sp³-hybridized carbons (Fsp3) is 0.600. The number of halogens is 1. The van der Waals surface area contributed by atoms with Crippen LogP contribution in [0.2, 0.25) is 5.02 Å². The van der Waals surface area contributed by atoms with Gasteiger partial charge < -0.3 is 9.64 Å². The molecule has 4 nitrogen and oxygen atoms in total. The first-order valence-electron chi connectivity index (χ1n) is 7.00. The molecule has 0 aromatic carbocycles. The molecule has 1 aromatic heterocycles. The summed E-state index contributed by atoms with van der Waals surface area (Å²) in [5.74, 6) is 0.828. The number of nitriles is 1. The lowest BCUT2D eigenvalue weighted by Crippen LogP contribution is -2.48. The lowest BCUT2D eigenvalue weighted by atomic mass is 9.91. The van der Waals surface area contributed by atoms with Crippen molar-refractivity contribution in [2.45, 2.75) is 38.1 Å². The van der Waals surface area contributed by atoms with E-state index >= 15 is 0 Å². The summed E-state index contributed by atoms with van der Waals surface area (Å²) in [6, 6.07) is 5.70. The van der Waals surface area contributed by atoms with Crippen LogP contribution in [0.15, 0.2) is 12.1 Å². The third kappa shape index (κ3) is 2.74. The molecule has 0 aliphatic carbocycles. The number of methoxy groups -OCH3 is 1. The van der Waals surface area contributed by atoms with Crippen LogP contribution in [0.5, 0.6) is 0 Å². The van der Waals surface area contributed by atoms with E-state index in [-0.39, 0.29) is 5.54 Å². The Hall–Kier alpha value is -1.31. The Morgan fingerprint density at radius 1 is 1.55 bits per heavy atom. The molecule has 0 amide bonds. The van der Waals surface area contributed by atoms with Gasteiger partial charge in [0.25, 0.3) is 0 Å². The van der Waals surface area contributed by atoms with Crippen molar-refractivity contribution in [2.75, 3.05) is 25.2 Å². The van der Waals surface area contributed by atoms with Crippen molar-refractivity contribution in [2.24, 2.45) is 0 Å². The summed E-state index contributed by atoms with van der Waals surface area (Å²) in [4.78, 5) is 6.70. The molecule has 5 heteroatoms. The molecule has 20 heavy (non-hydrogen) atoms. The number of ether oxygens (including phenoxy) is 1. The molecule has 1 aliphatic heterocycles. The normalized spacial score (nSPS) is 22.0. The van der Waals surface area contributed by atoms with E-state index in [1.54, 1.807) is 13.2 Å². The molecule has 0 N–H and O–H groups in total. The number of anilines is 1. The van der Waals surface area contributed by atoms with Crippen LogP contribution in [0.3, 0.4) is 0 Å². The van der Waals surface area contributed by atoms with Crippen LogP contribution in [0, 0.1) is 11.3 Å². The molecule has 1 atom stereocenters. The Labute approximate surface area is 125 Å². The molecule has 2 heterocycles. The smallest absolute Gasteiger partial charge is 0.161 e. The highest BCUT2D eigenvalue weighted by atomic mass is 35.5. The third-order valence-corrected chi connectivity index (χ3v) is 4.24. The highest BCUT2D eigenvalue weighted by Crippen LogP contribution is 2.37. The topological polar surface area (TPSA) is 49.1 Å². The molecular weight excluding hydrogens is 274 g/mol. The predicted molar refractivity (Wildman–Crippen MR) is 80.1 cm³/mol. The standard InChI is InChI=1S/C15H20ClN3O/c1-3-7-15(11-20-2)8-4-9-19(15)14-6-5-12(16)13(10-17)18-14/h5-6H,3-4,7-9,11H2,1-2H3. The summed E-state index contributed by atoms with van der Waals surface area (Å²) < 4.78 is 5.45. The van der Waals surface area contributed by atoms with Crippen LogP contribution in [-0.4, -0.2) is 30.8 Å². The minimum absolute atomic E-state index is 0.00292. The molecular formula is C15H20ClN3O. The quantitative estimate of drug-likeness (QED) is 0.835. The van der Waals surface area contributed by atoms with Gasteiger partial charge in [-0.15, -0.1) is 0 Å². The number of hydrogen-bond donors (Lipinski definition) is 0. The Kier molecular flexibility index (Phi) is 4.85. The van der Waals surface area contributed by atoms with Gasteiger partial charge in [0, 0.05) is 13.7 Å². The van der Waals surface area contributed by atoms with Gasteiger partial charge in [0.2, 0.25) is 0 Å². The number of pyridine rings is 1. The van der Waals surface area contributed by atoms with Crippen molar-refractivity contribution >= 4 is 17.4 Å². The lowest BCUT2D eigenvalue weighted by molar-refractivity contribution is 0.127. The van der Waals surface area contributed by atoms with Gasteiger partial charge in [-0.1, -0.05) is 24.9 Å². The van der Waals surface area contributed by atoms with Gasteiger partial charge in [0.05, 0.1) is 17.2 Å². The summed E-state index contributed by atoms with van der Waals surface area (Å²) in [5, 5.41) is 9.49. The van der Waals surface area contributed by atoms with Gasteiger partial charge in [-0.05, 0) is 31.4 Å². The average Bonchev–Trinajstić information content (AvgIpc) is 2.84. The molecule has 0 radical (unpaired) electrons. The highest BCUT2D eigenvalue weighted by molar-refractivity contribution is 6.31. The lowest BCUT2D eigenvalue weighted by Gasteiger charge is -2.39. The van der Waals surface area contributed by atoms with Crippen LogP contribution in [0.4, 0.5) is 5.82 Å². The zero-order valence-electron chi connectivity index (χ0n) is 12.0. The zero-order valence-corrected chi connectivity index (χ0v) is 12.8. The van der Waals surface area contributed by atoms with Crippen LogP contribution >= 0.6 is 11.6 Å². The van der Waals surface area contributed by atoms with Crippen molar-refractivity contribution in [3.05, 3.63) is 22.8 Å². The van der Waals surface area contributed by atoms with Crippen LogP contribution < -0.4 is 4.90 Å². The van der Waals surface area contributed by atoms with Gasteiger partial charge in [0.15, 0.2) is 5.69 Å². The summed E-state index contributed by atoms with van der Waals surface area (Å²) in [5.41, 5.74) is 0.288. The second-order valence-corrected chi connectivity index (χ2v) is 5.68. The van der Waals surface area contributed by atoms with E-state index in [0.717, 1.165) is 38.0 Å². The van der Waals surface area contributed by atoms with E-state index in [2.05, 4.69) is 16.8 Å². The molecule has 1 fully saturated rings. The summed E-state index contributed by atoms with van der Waals surface area (Å²) in [6.45, 7) is 3.82. The van der Waals surface area contributed by atoms with E-state index in [9.17, 15) is 0 Å². The average molecular weight is 294 g/mol. The van der Waals surface area contributed by atoms with E-state index in [4.69, 9.17) is 21.6 Å². The van der Waals surface area contributed by atoms with E-state index in [1.165, 1.54) is 0 Å². The van der Waals surface area contributed by atoms with Crippen LogP contribution in [0.25, 0.3) is 0 Å².